The van der Waals surface area contributed by atoms with E-state index in [-0.39, 0.29) is 47.4 Å². The molecule has 2 aromatic carbocycles. The summed E-state index contributed by atoms with van der Waals surface area (Å²) < 4.78 is 14.4. The van der Waals surface area contributed by atoms with Crippen LogP contribution in [0.15, 0.2) is 35.1 Å². The lowest BCUT2D eigenvalue weighted by molar-refractivity contribution is -0.178. The summed E-state index contributed by atoms with van der Waals surface area (Å²) in [6.07, 6.45) is 1.88. The monoisotopic (exact) mass is 646 g/mol. The zero-order valence-corrected chi connectivity index (χ0v) is 28.9. The van der Waals surface area contributed by atoms with Gasteiger partial charge in [0.15, 0.2) is 17.2 Å². The van der Waals surface area contributed by atoms with Crippen LogP contribution >= 0.6 is 0 Å². The Morgan fingerprint density at radius 3 is 2.21 bits per heavy atom. The fourth-order valence-electron chi connectivity index (χ4n) is 9.09. The van der Waals surface area contributed by atoms with Crippen LogP contribution in [0.25, 0.3) is 5.76 Å². The molecule has 0 spiro atoms. The Balaban J connectivity index is 1.66. The van der Waals surface area contributed by atoms with Gasteiger partial charge in [0.2, 0.25) is 5.78 Å². The fraction of sp³-hybridized carbons (Fsp3) is 0.513. The number of aromatic hydroxyl groups is 1. The number of halogens is 1. The lowest BCUT2D eigenvalue weighted by atomic mass is 9.43. The molecule has 0 bridgehead atoms. The van der Waals surface area contributed by atoms with E-state index in [1.165, 1.54) is 6.07 Å². The molecule has 0 saturated heterocycles. The Morgan fingerprint density at radius 1 is 1.02 bits per heavy atom. The van der Waals surface area contributed by atoms with Crippen LogP contribution in [0, 0.1) is 42.3 Å². The van der Waals surface area contributed by atoms with E-state index in [0.717, 1.165) is 23.6 Å². The Labute approximate surface area is 276 Å². The fourth-order valence-corrected chi connectivity index (χ4v) is 9.09. The molecular formula is C39H47FO7. The average Bonchev–Trinajstić information content (AvgIpc) is 2.94. The zero-order valence-electron chi connectivity index (χ0n) is 28.9. The van der Waals surface area contributed by atoms with Gasteiger partial charge in [0.25, 0.3) is 0 Å². The third-order valence-electron chi connectivity index (χ3n) is 11.3. The van der Waals surface area contributed by atoms with Gasteiger partial charge >= 0.3 is 0 Å². The third-order valence-corrected chi connectivity index (χ3v) is 11.3. The lowest BCUT2D eigenvalue weighted by Gasteiger charge is -2.60. The number of carbonyl (C=O) groups excluding carboxylic acids is 3. The van der Waals surface area contributed by atoms with Crippen LogP contribution in [-0.4, -0.2) is 43.4 Å². The van der Waals surface area contributed by atoms with Gasteiger partial charge in [0, 0.05) is 22.3 Å². The first-order valence-corrected chi connectivity index (χ1v) is 16.6. The number of Topliss-reactive ketones (excluding diaryl/α,β-unsaturated/α-hetero) is 3. The lowest BCUT2D eigenvalue weighted by Crippen LogP contribution is -2.69. The molecule has 7 nitrogen and oxygen atoms in total. The predicted octanol–water partition coefficient (Wildman–Crippen LogP) is 7.24. The maximum absolute atomic E-state index is 14.6. The van der Waals surface area contributed by atoms with E-state index < -0.39 is 56.8 Å². The number of aliphatic hydroxyl groups excluding tert-OH is 2. The molecule has 0 heterocycles. The van der Waals surface area contributed by atoms with Crippen molar-refractivity contribution in [1.29, 1.82) is 0 Å². The van der Waals surface area contributed by atoms with Crippen molar-refractivity contribution in [3.63, 3.8) is 0 Å². The largest absolute Gasteiger partial charge is 0.508 e. The van der Waals surface area contributed by atoms with Gasteiger partial charge in [-0.15, -0.1) is 0 Å². The quantitative estimate of drug-likeness (QED) is 0.233. The Hall–Kier alpha value is -3.78. The van der Waals surface area contributed by atoms with Crippen LogP contribution in [0.3, 0.4) is 0 Å². The maximum Gasteiger partial charge on any atom is 0.203 e. The number of carbonyl (C=O) groups is 3. The van der Waals surface area contributed by atoms with E-state index in [1.54, 1.807) is 27.7 Å². The summed E-state index contributed by atoms with van der Waals surface area (Å²) in [7, 11) is 0. The summed E-state index contributed by atoms with van der Waals surface area (Å²) in [4.78, 5) is 41.0. The molecule has 1 saturated carbocycles. The molecule has 1 fully saturated rings. The highest BCUT2D eigenvalue weighted by molar-refractivity contribution is 6.24. The van der Waals surface area contributed by atoms with Crippen molar-refractivity contribution >= 4 is 23.1 Å². The number of aryl methyl sites for hydroxylation is 3. The van der Waals surface area contributed by atoms with Crippen molar-refractivity contribution in [2.75, 3.05) is 0 Å². The van der Waals surface area contributed by atoms with Gasteiger partial charge < -0.3 is 20.4 Å². The molecule has 4 atom stereocenters. The van der Waals surface area contributed by atoms with Gasteiger partial charge in [0.05, 0.1) is 5.56 Å². The number of fused-ring (bicyclic) bond motifs is 3. The smallest absolute Gasteiger partial charge is 0.203 e. The molecule has 5 rings (SSSR count). The van der Waals surface area contributed by atoms with E-state index in [4.69, 9.17) is 0 Å². The number of phenolic OH excluding ortho intramolecular Hbond substituents is 1. The van der Waals surface area contributed by atoms with Crippen LogP contribution in [0.1, 0.15) is 106 Å². The van der Waals surface area contributed by atoms with Crippen LogP contribution in [0.5, 0.6) is 5.75 Å². The number of phenols is 1. The van der Waals surface area contributed by atoms with E-state index in [9.17, 15) is 39.2 Å². The summed E-state index contributed by atoms with van der Waals surface area (Å²) in [5.74, 6) is -5.55. The van der Waals surface area contributed by atoms with Gasteiger partial charge in [-0.05, 0) is 104 Å². The van der Waals surface area contributed by atoms with Crippen LogP contribution in [0.4, 0.5) is 4.39 Å². The van der Waals surface area contributed by atoms with Gasteiger partial charge in [-0.3, -0.25) is 14.4 Å². The number of allylic oxidation sites excluding steroid dienone is 1. The SMILES string of the molecule is CC(=O)C1=C(O)[C@]2(O)C(=O)C3=C(O)c4c(O)c(CCCc5cc(C)c(C)c(F)c5)cc(C(C)C)c4C[C@]3(C)C[C@]2(C)C(C(C)C)C1=O. The molecule has 0 radical (unpaired) electrons. The third kappa shape index (κ3) is 4.89. The molecule has 0 aliphatic heterocycles. The minimum absolute atomic E-state index is 0.00789. The minimum Gasteiger partial charge on any atom is -0.508 e. The maximum atomic E-state index is 14.6. The van der Waals surface area contributed by atoms with Crippen molar-refractivity contribution in [2.45, 2.75) is 106 Å². The number of rotatable bonds is 7. The molecule has 8 heteroatoms. The summed E-state index contributed by atoms with van der Waals surface area (Å²) in [6, 6.07) is 5.43. The van der Waals surface area contributed by atoms with E-state index in [2.05, 4.69) is 0 Å². The first-order chi connectivity index (χ1) is 21.7. The molecule has 47 heavy (non-hydrogen) atoms. The van der Waals surface area contributed by atoms with E-state index >= 15 is 0 Å². The molecule has 4 N–H and O–H groups in total. The van der Waals surface area contributed by atoms with Gasteiger partial charge in [-0.25, -0.2) is 4.39 Å². The van der Waals surface area contributed by atoms with Crippen molar-refractivity contribution in [3.05, 3.63) is 79.9 Å². The summed E-state index contributed by atoms with van der Waals surface area (Å²) >= 11 is 0. The van der Waals surface area contributed by atoms with E-state index in [0.29, 0.717) is 36.0 Å². The first-order valence-electron chi connectivity index (χ1n) is 16.6. The van der Waals surface area contributed by atoms with Crippen LogP contribution in [0.2, 0.25) is 0 Å². The zero-order chi connectivity index (χ0) is 35.1. The molecule has 0 amide bonds. The second-order valence-electron chi connectivity index (χ2n) is 15.3. The van der Waals surface area contributed by atoms with Crippen molar-refractivity contribution in [1.82, 2.24) is 0 Å². The standard InChI is InChI=1S/C39H47FO7/c1-18(2)25-15-24(12-10-11-23-13-20(5)21(6)27(40)14-23)32(42)29-26(25)16-37(8)17-38(9)30(19(3)4)33(43)28(22(7)41)35(45)39(38,47)36(46)31(37)34(29)44/h13-15,18-19,30,42,44-45,47H,10-12,16-17H2,1-9H3/t30?,37-,38-,39+/m1/s1. The number of aliphatic hydroxyl groups is 3. The molecule has 3 aliphatic rings. The minimum atomic E-state index is -2.65. The molecule has 2 aromatic rings. The summed E-state index contributed by atoms with van der Waals surface area (Å²) in [5.41, 5.74) is -1.32. The number of hydrogen-bond donors (Lipinski definition) is 4. The summed E-state index contributed by atoms with van der Waals surface area (Å²) in [6.45, 7) is 15.7. The van der Waals surface area contributed by atoms with Gasteiger partial charge in [0.1, 0.15) is 28.7 Å². The number of benzene rings is 2. The molecule has 3 aliphatic carbocycles. The molecule has 1 unspecified atom stereocenters. The second kappa shape index (κ2) is 11.4. The molecular weight excluding hydrogens is 599 g/mol. The molecule has 252 valence electrons. The highest BCUT2D eigenvalue weighted by Gasteiger charge is 2.72. The number of hydrogen-bond acceptors (Lipinski definition) is 7. The van der Waals surface area contributed by atoms with Gasteiger partial charge in [-0.1, -0.05) is 53.7 Å². The van der Waals surface area contributed by atoms with Crippen molar-refractivity contribution in [2.24, 2.45) is 22.7 Å². The highest BCUT2D eigenvalue weighted by atomic mass is 19.1. The Bertz CT molecular complexity index is 1770. The van der Waals surface area contributed by atoms with Crippen molar-refractivity contribution < 1.29 is 39.2 Å². The highest BCUT2D eigenvalue weighted by Crippen LogP contribution is 2.65. The van der Waals surface area contributed by atoms with Gasteiger partial charge in [-0.2, -0.15) is 0 Å². The Morgan fingerprint density at radius 2 is 1.66 bits per heavy atom. The van der Waals surface area contributed by atoms with Crippen molar-refractivity contribution in [3.8, 4) is 5.75 Å². The van der Waals surface area contributed by atoms with Crippen LogP contribution < -0.4 is 0 Å². The first kappa shape index (κ1) is 34.6. The molecule has 0 aromatic heterocycles. The van der Waals surface area contributed by atoms with Crippen LogP contribution in [-0.2, 0) is 33.6 Å². The predicted molar refractivity (Wildman–Crippen MR) is 178 cm³/mol. The summed E-state index contributed by atoms with van der Waals surface area (Å²) in [5, 5.41) is 47.4. The van der Waals surface area contributed by atoms with E-state index in [1.807, 2.05) is 39.8 Å². The topological polar surface area (TPSA) is 132 Å². The normalized spacial score (nSPS) is 27.4. The Kier molecular flexibility index (Phi) is 8.40. The number of ketones is 3. The average molecular weight is 647 g/mol. The second-order valence-corrected chi connectivity index (χ2v) is 15.3.